The first-order chi connectivity index (χ1) is 9.88. The molecule has 0 aromatic rings. The maximum absolute atomic E-state index is 5.93. The first-order valence-corrected chi connectivity index (χ1v) is 8.46. The van der Waals surface area contributed by atoms with Crippen molar-refractivity contribution in [2.75, 3.05) is 6.61 Å². The lowest BCUT2D eigenvalue weighted by Gasteiger charge is -2.16. The summed E-state index contributed by atoms with van der Waals surface area (Å²) in [6.07, 6.45) is 12.3. The van der Waals surface area contributed by atoms with Gasteiger partial charge in [-0.1, -0.05) is 12.8 Å². The summed E-state index contributed by atoms with van der Waals surface area (Å²) in [7, 11) is 0. The number of rotatable bonds is 7. The van der Waals surface area contributed by atoms with E-state index in [9.17, 15) is 0 Å². The molecule has 112 valence electrons. The quantitative estimate of drug-likeness (QED) is 0.529. The average Bonchev–Trinajstić information content (AvgIpc) is 3.34. The molecule has 20 heavy (non-hydrogen) atoms. The predicted molar refractivity (Wildman–Crippen MR) is 71.5 cm³/mol. The highest BCUT2D eigenvalue weighted by molar-refractivity contribution is 5.07. The van der Waals surface area contributed by atoms with Crippen LogP contribution >= 0.6 is 0 Å². The second-order valence-electron chi connectivity index (χ2n) is 7.23. The third-order valence-electron chi connectivity index (χ3n) is 5.68. The summed E-state index contributed by atoms with van der Waals surface area (Å²) >= 11 is 0. The van der Waals surface area contributed by atoms with Crippen LogP contribution in [-0.4, -0.2) is 49.3 Å². The first-order valence-electron chi connectivity index (χ1n) is 8.46. The first kappa shape index (κ1) is 12.4. The molecule has 8 atom stereocenters. The van der Waals surface area contributed by atoms with Crippen molar-refractivity contribution in [2.24, 2.45) is 5.92 Å². The lowest BCUT2D eigenvalue weighted by atomic mass is 9.85. The smallest absolute Gasteiger partial charge is 0.113 e. The molecule has 5 fully saturated rings. The zero-order valence-corrected chi connectivity index (χ0v) is 11.9. The Morgan fingerprint density at radius 1 is 0.800 bits per heavy atom. The normalized spacial score (nSPS) is 55.2. The van der Waals surface area contributed by atoms with Crippen LogP contribution in [0.3, 0.4) is 0 Å². The highest BCUT2D eigenvalue weighted by Gasteiger charge is 2.60. The van der Waals surface area contributed by atoms with Crippen LogP contribution in [0.15, 0.2) is 0 Å². The fraction of sp³-hybridized carbons (Fsp3) is 1.00. The summed E-state index contributed by atoms with van der Waals surface area (Å²) in [4.78, 5) is 0. The van der Waals surface area contributed by atoms with Gasteiger partial charge in [0.05, 0.1) is 37.1 Å². The van der Waals surface area contributed by atoms with E-state index >= 15 is 0 Å². The maximum Gasteiger partial charge on any atom is 0.113 e. The van der Waals surface area contributed by atoms with E-state index in [0.29, 0.717) is 42.7 Å². The minimum absolute atomic E-state index is 0.409. The molecule has 1 saturated carbocycles. The van der Waals surface area contributed by atoms with Crippen LogP contribution < -0.4 is 0 Å². The van der Waals surface area contributed by atoms with Gasteiger partial charge in [0, 0.05) is 0 Å². The molecular weight excluding hydrogens is 256 g/mol. The zero-order valence-electron chi connectivity index (χ0n) is 11.9. The van der Waals surface area contributed by atoms with E-state index in [-0.39, 0.29) is 0 Å². The number of hydrogen-bond donors (Lipinski definition) is 0. The monoisotopic (exact) mass is 280 g/mol. The second kappa shape index (κ2) is 4.67. The van der Waals surface area contributed by atoms with E-state index in [1.54, 1.807) is 0 Å². The molecule has 4 heterocycles. The summed E-state index contributed by atoms with van der Waals surface area (Å²) in [6, 6.07) is 0. The third kappa shape index (κ3) is 2.52. The Bertz CT molecular complexity index is 383. The van der Waals surface area contributed by atoms with Crippen molar-refractivity contribution in [3.63, 3.8) is 0 Å². The minimum Gasteiger partial charge on any atom is -0.373 e. The van der Waals surface area contributed by atoms with E-state index in [2.05, 4.69) is 0 Å². The van der Waals surface area contributed by atoms with Crippen molar-refractivity contribution in [3.8, 4) is 0 Å². The topological polar surface area (TPSA) is 50.1 Å². The Kier molecular flexibility index (Phi) is 2.89. The predicted octanol–water partition coefficient (Wildman–Crippen LogP) is 2.05. The lowest BCUT2D eigenvalue weighted by Crippen LogP contribution is -2.21. The zero-order chi connectivity index (χ0) is 13.1. The summed E-state index contributed by atoms with van der Waals surface area (Å²) < 4.78 is 22.6. The SMILES string of the molecule is C(CCC1OC1C1OC1C1CCC2OC2C1)CC1CO1. The van der Waals surface area contributed by atoms with Crippen LogP contribution in [0.4, 0.5) is 0 Å². The van der Waals surface area contributed by atoms with Gasteiger partial charge >= 0.3 is 0 Å². The van der Waals surface area contributed by atoms with E-state index in [1.165, 1.54) is 44.9 Å². The summed E-state index contributed by atoms with van der Waals surface area (Å²) in [6.45, 7) is 0.993. The van der Waals surface area contributed by atoms with Gasteiger partial charge in [0.25, 0.3) is 0 Å². The van der Waals surface area contributed by atoms with Crippen molar-refractivity contribution in [3.05, 3.63) is 0 Å². The molecule has 0 aromatic heterocycles. The van der Waals surface area contributed by atoms with Gasteiger partial charge in [-0.05, 0) is 38.0 Å². The molecule has 4 heteroatoms. The van der Waals surface area contributed by atoms with Crippen LogP contribution in [0.2, 0.25) is 0 Å². The molecule has 1 aliphatic carbocycles. The van der Waals surface area contributed by atoms with Crippen molar-refractivity contribution in [2.45, 2.75) is 87.7 Å². The molecular formula is C16H24O4. The van der Waals surface area contributed by atoms with Gasteiger partial charge in [0.15, 0.2) is 0 Å². The van der Waals surface area contributed by atoms with E-state index in [0.717, 1.165) is 12.5 Å². The third-order valence-corrected chi connectivity index (χ3v) is 5.68. The molecule has 0 bridgehead atoms. The minimum atomic E-state index is 0.409. The molecule has 0 N–H and O–H groups in total. The molecule has 4 aliphatic heterocycles. The Balaban J connectivity index is 1.01. The fourth-order valence-electron chi connectivity index (χ4n) is 4.14. The van der Waals surface area contributed by atoms with E-state index < -0.39 is 0 Å². The molecule has 0 amide bonds. The van der Waals surface area contributed by atoms with Crippen LogP contribution in [-0.2, 0) is 18.9 Å². The second-order valence-corrected chi connectivity index (χ2v) is 7.23. The molecule has 0 spiro atoms. The summed E-state index contributed by atoms with van der Waals surface area (Å²) in [5.74, 6) is 0.737. The number of epoxide rings is 4. The molecule has 4 nitrogen and oxygen atoms in total. The molecule has 4 saturated heterocycles. The Labute approximate surface area is 120 Å². The fourth-order valence-corrected chi connectivity index (χ4v) is 4.14. The Hall–Kier alpha value is -0.160. The number of ether oxygens (including phenoxy) is 4. The van der Waals surface area contributed by atoms with Crippen LogP contribution in [0.1, 0.15) is 44.9 Å². The van der Waals surface area contributed by atoms with Crippen LogP contribution in [0.5, 0.6) is 0 Å². The largest absolute Gasteiger partial charge is 0.373 e. The standard InChI is InChI=1S/C16H24O4/c1(3-10-8-17-10)2-4-12-15(19-12)16-14(20-16)9-5-6-11-13(7-9)18-11/h9-16H,1-8H2. The van der Waals surface area contributed by atoms with Gasteiger partial charge in [-0.3, -0.25) is 0 Å². The molecule has 8 unspecified atom stereocenters. The van der Waals surface area contributed by atoms with Crippen molar-refractivity contribution < 1.29 is 18.9 Å². The summed E-state index contributed by atoms with van der Waals surface area (Å²) in [5.41, 5.74) is 0. The maximum atomic E-state index is 5.93. The van der Waals surface area contributed by atoms with Gasteiger partial charge in [0.2, 0.25) is 0 Å². The van der Waals surface area contributed by atoms with Crippen LogP contribution in [0.25, 0.3) is 0 Å². The van der Waals surface area contributed by atoms with Gasteiger partial charge < -0.3 is 18.9 Å². The van der Waals surface area contributed by atoms with Crippen LogP contribution in [0, 0.1) is 5.92 Å². The van der Waals surface area contributed by atoms with Crippen molar-refractivity contribution in [1.29, 1.82) is 0 Å². The van der Waals surface area contributed by atoms with Gasteiger partial charge in [-0.2, -0.15) is 0 Å². The molecule has 0 radical (unpaired) electrons. The van der Waals surface area contributed by atoms with Gasteiger partial charge in [-0.15, -0.1) is 0 Å². The lowest BCUT2D eigenvalue weighted by molar-refractivity contribution is 0.265. The van der Waals surface area contributed by atoms with Crippen molar-refractivity contribution in [1.82, 2.24) is 0 Å². The number of fused-ring (bicyclic) bond motifs is 1. The number of hydrogen-bond acceptors (Lipinski definition) is 4. The summed E-state index contributed by atoms with van der Waals surface area (Å²) in [5, 5.41) is 0. The Morgan fingerprint density at radius 3 is 2.55 bits per heavy atom. The number of unbranched alkanes of at least 4 members (excludes halogenated alkanes) is 1. The van der Waals surface area contributed by atoms with E-state index in [1.807, 2.05) is 0 Å². The Morgan fingerprint density at radius 2 is 1.70 bits per heavy atom. The molecule has 5 aliphatic rings. The molecule has 5 rings (SSSR count). The van der Waals surface area contributed by atoms with E-state index in [4.69, 9.17) is 18.9 Å². The van der Waals surface area contributed by atoms with Crippen molar-refractivity contribution >= 4 is 0 Å². The average molecular weight is 280 g/mol. The highest BCUT2D eigenvalue weighted by atomic mass is 16.7. The van der Waals surface area contributed by atoms with Gasteiger partial charge in [0.1, 0.15) is 12.2 Å². The van der Waals surface area contributed by atoms with Gasteiger partial charge in [-0.25, -0.2) is 0 Å². The molecule has 0 aromatic carbocycles. The highest BCUT2D eigenvalue weighted by Crippen LogP contribution is 2.50.